The molecule has 5 heteroatoms. The molecule has 26 heavy (non-hydrogen) atoms. The van der Waals surface area contributed by atoms with E-state index in [1.54, 1.807) is 18.2 Å². The Morgan fingerprint density at radius 1 is 0.846 bits per heavy atom. The van der Waals surface area contributed by atoms with Crippen LogP contribution in [0.15, 0.2) is 18.2 Å². The minimum absolute atomic E-state index is 0.00584. The Labute approximate surface area is 158 Å². The second-order valence-corrected chi connectivity index (χ2v) is 6.88. The lowest BCUT2D eigenvalue weighted by molar-refractivity contribution is -0.120. The Balaban J connectivity index is 2.69. The molecule has 5 nitrogen and oxygen atoms in total. The summed E-state index contributed by atoms with van der Waals surface area (Å²) in [6.07, 6.45) is 7.68. The summed E-state index contributed by atoms with van der Waals surface area (Å²) >= 11 is 0. The van der Waals surface area contributed by atoms with Crippen molar-refractivity contribution in [2.45, 2.75) is 79.1 Å². The molecule has 2 atom stereocenters. The topological polar surface area (TPSA) is 71.1 Å². The zero-order chi connectivity index (χ0) is 19.4. The number of carbonyl (C=O) groups is 2. The molecule has 0 aliphatic heterocycles. The first-order valence-electron chi connectivity index (χ1n) is 10.1. The number of hydrogen-bond acceptors (Lipinski definition) is 3. The summed E-state index contributed by atoms with van der Waals surface area (Å²) in [5.74, 6) is 1.01. The van der Waals surface area contributed by atoms with Crippen LogP contribution in [0.3, 0.4) is 0 Å². The van der Waals surface area contributed by atoms with Crippen molar-refractivity contribution < 1.29 is 9.59 Å². The Hall–Kier alpha value is -1.91. The van der Waals surface area contributed by atoms with Crippen LogP contribution in [-0.2, 0) is 9.59 Å². The lowest BCUT2D eigenvalue weighted by atomic mass is 9.98. The Morgan fingerprint density at radius 3 is 1.62 bits per heavy atom. The Morgan fingerprint density at radius 2 is 1.27 bits per heavy atom. The van der Waals surface area contributed by atoms with Crippen molar-refractivity contribution in [2.75, 3.05) is 10.6 Å². The third-order valence-corrected chi connectivity index (χ3v) is 4.79. The molecule has 1 heterocycles. The fourth-order valence-corrected chi connectivity index (χ4v) is 2.97. The van der Waals surface area contributed by atoms with E-state index in [1.807, 2.05) is 13.8 Å². The average Bonchev–Trinajstić information content (AvgIpc) is 2.63. The summed E-state index contributed by atoms with van der Waals surface area (Å²) in [6.45, 7) is 8.32. The van der Waals surface area contributed by atoms with Crippen molar-refractivity contribution in [1.82, 2.24) is 4.98 Å². The maximum atomic E-state index is 12.4. The first kappa shape index (κ1) is 22.1. The van der Waals surface area contributed by atoms with Crippen molar-refractivity contribution in [3.63, 3.8) is 0 Å². The smallest absolute Gasteiger partial charge is 0.228 e. The van der Waals surface area contributed by atoms with Crippen LogP contribution in [0.5, 0.6) is 0 Å². The van der Waals surface area contributed by atoms with Crippen LogP contribution in [-0.4, -0.2) is 16.8 Å². The van der Waals surface area contributed by atoms with E-state index in [-0.39, 0.29) is 23.7 Å². The molecule has 1 aromatic rings. The Bertz CT molecular complexity index is 515. The van der Waals surface area contributed by atoms with Crippen LogP contribution < -0.4 is 10.6 Å². The van der Waals surface area contributed by atoms with Crippen LogP contribution in [0.25, 0.3) is 0 Å². The molecule has 2 amide bonds. The lowest BCUT2D eigenvalue weighted by Crippen LogP contribution is -2.24. The van der Waals surface area contributed by atoms with Gasteiger partial charge in [-0.05, 0) is 37.8 Å². The zero-order valence-electron chi connectivity index (χ0n) is 16.8. The molecule has 0 aliphatic rings. The van der Waals surface area contributed by atoms with Crippen molar-refractivity contribution in [3.05, 3.63) is 18.2 Å². The second kappa shape index (κ2) is 12.4. The minimum atomic E-state index is 0.00584. The third kappa shape index (κ3) is 7.54. The molecule has 0 bridgehead atoms. The van der Waals surface area contributed by atoms with Gasteiger partial charge in [0, 0.05) is 11.8 Å². The van der Waals surface area contributed by atoms with Crippen LogP contribution in [0.2, 0.25) is 0 Å². The van der Waals surface area contributed by atoms with Crippen LogP contribution in [0.1, 0.15) is 79.1 Å². The number of amides is 2. The lowest BCUT2D eigenvalue weighted by Gasteiger charge is -2.16. The number of anilines is 2. The van der Waals surface area contributed by atoms with Crippen LogP contribution in [0.4, 0.5) is 11.6 Å². The molecular formula is C21H35N3O2. The standard InChI is InChI=1S/C21H35N3O2/c1-5-9-12-16(7-3)20(25)23-18-14-11-15-19(22-18)24-21(26)17(8-4)13-10-6-2/h11,14-17H,5-10,12-13H2,1-4H3,(H2,22,23,24,25,26). The summed E-state index contributed by atoms with van der Waals surface area (Å²) < 4.78 is 0. The number of aromatic nitrogens is 1. The van der Waals surface area contributed by atoms with Gasteiger partial charge in [-0.25, -0.2) is 4.98 Å². The number of hydrogen-bond donors (Lipinski definition) is 2. The number of nitrogens with one attached hydrogen (secondary N) is 2. The Kier molecular flexibility index (Phi) is 10.6. The van der Waals surface area contributed by atoms with E-state index >= 15 is 0 Å². The summed E-state index contributed by atoms with van der Waals surface area (Å²) in [5.41, 5.74) is 0. The van der Waals surface area contributed by atoms with Crippen LogP contribution in [0, 0.1) is 11.8 Å². The van der Waals surface area contributed by atoms with E-state index in [1.165, 1.54) is 0 Å². The molecule has 0 aromatic carbocycles. The molecule has 1 aromatic heterocycles. The van der Waals surface area contributed by atoms with Gasteiger partial charge in [-0.1, -0.05) is 59.4 Å². The maximum Gasteiger partial charge on any atom is 0.228 e. The highest BCUT2D eigenvalue weighted by Gasteiger charge is 2.18. The van der Waals surface area contributed by atoms with Gasteiger partial charge in [-0.15, -0.1) is 0 Å². The van der Waals surface area contributed by atoms with E-state index in [0.29, 0.717) is 11.6 Å². The van der Waals surface area contributed by atoms with Gasteiger partial charge in [0.25, 0.3) is 0 Å². The van der Waals surface area contributed by atoms with Gasteiger partial charge in [0.1, 0.15) is 11.6 Å². The molecule has 2 unspecified atom stereocenters. The highest BCUT2D eigenvalue weighted by molar-refractivity contribution is 5.93. The number of rotatable bonds is 12. The largest absolute Gasteiger partial charge is 0.310 e. The predicted molar refractivity (Wildman–Crippen MR) is 108 cm³/mol. The van der Waals surface area contributed by atoms with E-state index in [9.17, 15) is 9.59 Å². The highest BCUT2D eigenvalue weighted by atomic mass is 16.2. The number of carbonyl (C=O) groups excluding carboxylic acids is 2. The first-order chi connectivity index (χ1) is 12.5. The minimum Gasteiger partial charge on any atom is -0.310 e. The van der Waals surface area contributed by atoms with Gasteiger partial charge in [-0.2, -0.15) is 0 Å². The summed E-state index contributed by atoms with van der Waals surface area (Å²) in [7, 11) is 0. The molecule has 0 fully saturated rings. The van der Waals surface area contributed by atoms with Gasteiger partial charge in [-0.3, -0.25) is 9.59 Å². The van der Waals surface area contributed by atoms with Crippen LogP contribution >= 0.6 is 0 Å². The van der Waals surface area contributed by atoms with Crippen molar-refractivity contribution in [3.8, 4) is 0 Å². The van der Waals surface area contributed by atoms with Crippen molar-refractivity contribution in [1.29, 1.82) is 0 Å². The monoisotopic (exact) mass is 361 g/mol. The van der Waals surface area contributed by atoms with E-state index < -0.39 is 0 Å². The second-order valence-electron chi connectivity index (χ2n) is 6.88. The van der Waals surface area contributed by atoms with E-state index in [4.69, 9.17) is 0 Å². The molecule has 146 valence electrons. The normalized spacial score (nSPS) is 13.1. The molecule has 0 radical (unpaired) electrons. The average molecular weight is 362 g/mol. The first-order valence-corrected chi connectivity index (χ1v) is 10.1. The SMILES string of the molecule is CCCCC(CC)C(=O)Nc1cccc(NC(=O)C(CC)CCCC)n1. The van der Waals surface area contributed by atoms with Crippen molar-refractivity contribution in [2.24, 2.45) is 11.8 Å². The molecule has 0 aliphatic carbocycles. The maximum absolute atomic E-state index is 12.4. The molecule has 0 saturated carbocycles. The van der Waals surface area contributed by atoms with Gasteiger partial charge >= 0.3 is 0 Å². The summed E-state index contributed by atoms with van der Waals surface area (Å²) in [6, 6.07) is 5.32. The predicted octanol–water partition coefficient (Wildman–Crippen LogP) is 5.39. The quantitative estimate of drug-likeness (QED) is 0.524. The van der Waals surface area contributed by atoms with E-state index in [0.717, 1.165) is 51.4 Å². The summed E-state index contributed by atoms with van der Waals surface area (Å²) in [5, 5.41) is 5.78. The third-order valence-electron chi connectivity index (χ3n) is 4.79. The molecule has 0 spiro atoms. The van der Waals surface area contributed by atoms with Gasteiger partial charge in [0.15, 0.2) is 0 Å². The number of pyridine rings is 1. The highest BCUT2D eigenvalue weighted by Crippen LogP contribution is 2.18. The van der Waals surface area contributed by atoms with E-state index in [2.05, 4.69) is 29.5 Å². The molecule has 2 N–H and O–H groups in total. The molecular weight excluding hydrogens is 326 g/mol. The van der Waals surface area contributed by atoms with Gasteiger partial charge in [0.05, 0.1) is 0 Å². The fourth-order valence-electron chi connectivity index (χ4n) is 2.97. The van der Waals surface area contributed by atoms with Gasteiger partial charge in [0.2, 0.25) is 11.8 Å². The fraction of sp³-hybridized carbons (Fsp3) is 0.667. The molecule has 1 rings (SSSR count). The van der Waals surface area contributed by atoms with Crippen molar-refractivity contribution >= 4 is 23.5 Å². The summed E-state index contributed by atoms with van der Waals surface area (Å²) in [4.78, 5) is 29.2. The molecule has 0 saturated heterocycles. The number of nitrogens with zero attached hydrogens (tertiary/aromatic N) is 1. The van der Waals surface area contributed by atoms with Gasteiger partial charge < -0.3 is 10.6 Å². The zero-order valence-corrected chi connectivity index (χ0v) is 16.8. The number of unbranched alkanes of at least 4 members (excludes halogenated alkanes) is 2.